The summed E-state index contributed by atoms with van der Waals surface area (Å²) in [6.45, 7) is 1.08. The molecular formula is C12H14BrF2NO. The summed E-state index contributed by atoms with van der Waals surface area (Å²) in [6.07, 6.45) is 1.10. The predicted molar refractivity (Wildman–Crippen MR) is 64.7 cm³/mol. The van der Waals surface area contributed by atoms with Gasteiger partial charge in [0.2, 0.25) is 0 Å². The molecule has 0 saturated carbocycles. The molecular weight excluding hydrogens is 292 g/mol. The van der Waals surface area contributed by atoms with E-state index in [9.17, 15) is 13.9 Å². The van der Waals surface area contributed by atoms with Crippen LogP contribution in [0.4, 0.5) is 8.78 Å². The molecule has 0 aliphatic carbocycles. The number of aliphatic hydroxyl groups is 1. The standard InChI is InChI=1S/C12H14BrF2NO/c1-16-6-2-5-12(17,7-16)10-9(14)4-3-8(13)11(10)15/h3-4,17H,2,5-7H2,1H3. The van der Waals surface area contributed by atoms with Crippen molar-refractivity contribution in [2.45, 2.75) is 18.4 Å². The van der Waals surface area contributed by atoms with Gasteiger partial charge in [-0.15, -0.1) is 0 Å². The van der Waals surface area contributed by atoms with E-state index in [1.807, 2.05) is 11.9 Å². The molecule has 0 aromatic heterocycles. The lowest BCUT2D eigenvalue weighted by molar-refractivity contribution is -0.0331. The highest BCUT2D eigenvalue weighted by Gasteiger charge is 2.38. The normalized spacial score (nSPS) is 26.2. The lowest BCUT2D eigenvalue weighted by atomic mass is 9.85. The van der Waals surface area contributed by atoms with Crippen molar-refractivity contribution in [3.05, 3.63) is 33.8 Å². The molecule has 2 rings (SSSR count). The summed E-state index contributed by atoms with van der Waals surface area (Å²) in [6, 6.07) is 2.49. The van der Waals surface area contributed by atoms with Crippen molar-refractivity contribution in [2.75, 3.05) is 20.1 Å². The average Bonchev–Trinajstić information content (AvgIpc) is 2.23. The van der Waals surface area contributed by atoms with Gasteiger partial charge in [0, 0.05) is 6.54 Å². The van der Waals surface area contributed by atoms with Crippen LogP contribution in [-0.4, -0.2) is 30.1 Å². The number of halogens is 3. The summed E-state index contributed by atoms with van der Waals surface area (Å²) in [5.41, 5.74) is -1.66. The fourth-order valence-electron chi connectivity index (χ4n) is 2.40. The lowest BCUT2D eigenvalue weighted by Gasteiger charge is -2.38. The number of likely N-dealkylation sites (tertiary alicyclic amines) is 1. The number of nitrogens with zero attached hydrogens (tertiary/aromatic N) is 1. The van der Waals surface area contributed by atoms with Gasteiger partial charge >= 0.3 is 0 Å². The topological polar surface area (TPSA) is 23.5 Å². The number of hydrogen-bond donors (Lipinski definition) is 1. The van der Waals surface area contributed by atoms with Crippen LogP contribution in [0.15, 0.2) is 16.6 Å². The quantitative estimate of drug-likeness (QED) is 0.806. The lowest BCUT2D eigenvalue weighted by Crippen LogP contribution is -2.45. The van der Waals surface area contributed by atoms with E-state index >= 15 is 0 Å². The molecule has 1 heterocycles. The second kappa shape index (κ2) is 4.63. The third-order valence-electron chi connectivity index (χ3n) is 3.17. The molecule has 1 unspecified atom stereocenters. The highest BCUT2D eigenvalue weighted by molar-refractivity contribution is 9.10. The zero-order valence-electron chi connectivity index (χ0n) is 9.51. The molecule has 1 atom stereocenters. The number of likely N-dealkylation sites (N-methyl/N-ethyl adjacent to an activating group) is 1. The van der Waals surface area contributed by atoms with E-state index in [4.69, 9.17) is 0 Å². The smallest absolute Gasteiger partial charge is 0.146 e. The van der Waals surface area contributed by atoms with Gasteiger partial charge in [0.1, 0.15) is 17.2 Å². The maximum atomic E-state index is 14.0. The predicted octanol–water partition coefficient (Wildman–Crippen LogP) is 2.64. The Morgan fingerprint density at radius 1 is 1.41 bits per heavy atom. The van der Waals surface area contributed by atoms with Crippen molar-refractivity contribution in [1.29, 1.82) is 0 Å². The van der Waals surface area contributed by atoms with E-state index in [-0.39, 0.29) is 16.6 Å². The third kappa shape index (κ3) is 2.37. The van der Waals surface area contributed by atoms with Crippen LogP contribution < -0.4 is 0 Å². The van der Waals surface area contributed by atoms with Gasteiger partial charge in [-0.1, -0.05) is 0 Å². The molecule has 0 radical (unpaired) electrons. The van der Waals surface area contributed by atoms with Crippen LogP contribution in [0.1, 0.15) is 18.4 Å². The van der Waals surface area contributed by atoms with Crippen molar-refractivity contribution in [1.82, 2.24) is 4.90 Å². The van der Waals surface area contributed by atoms with Crippen LogP contribution in [0.25, 0.3) is 0 Å². The van der Waals surface area contributed by atoms with Gasteiger partial charge in [0.25, 0.3) is 0 Å². The van der Waals surface area contributed by atoms with Gasteiger partial charge in [-0.2, -0.15) is 0 Å². The Balaban J connectivity index is 2.48. The maximum absolute atomic E-state index is 14.0. The van der Waals surface area contributed by atoms with Crippen LogP contribution in [0, 0.1) is 11.6 Å². The van der Waals surface area contributed by atoms with Crippen molar-refractivity contribution < 1.29 is 13.9 Å². The number of rotatable bonds is 1. The summed E-state index contributed by atoms with van der Waals surface area (Å²) in [7, 11) is 1.83. The summed E-state index contributed by atoms with van der Waals surface area (Å²) in [5, 5.41) is 10.5. The first kappa shape index (κ1) is 12.9. The molecule has 1 saturated heterocycles. The van der Waals surface area contributed by atoms with Crippen molar-refractivity contribution in [3.63, 3.8) is 0 Å². The van der Waals surface area contributed by atoms with Gasteiger partial charge in [-0.3, -0.25) is 0 Å². The van der Waals surface area contributed by atoms with Crippen LogP contribution in [-0.2, 0) is 5.60 Å². The number of hydrogen-bond acceptors (Lipinski definition) is 2. The first-order valence-corrected chi connectivity index (χ1v) is 6.28. The first-order valence-electron chi connectivity index (χ1n) is 5.49. The van der Waals surface area contributed by atoms with Crippen LogP contribution in [0.3, 0.4) is 0 Å². The molecule has 0 amide bonds. The highest BCUT2D eigenvalue weighted by atomic mass is 79.9. The second-order valence-electron chi connectivity index (χ2n) is 4.59. The Labute approximate surface area is 107 Å². The van der Waals surface area contributed by atoms with Gasteiger partial charge in [-0.25, -0.2) is 8.78 Å². The molecule has 17 heavy (non-hydrogen) atoms. The fraction of sp³-hybridized carbons (Fsp3) is 0.500. The van der Waals surface area contributed by atoms with E-state index in [0.29, 0.717) is 6.42 Å². The number of piperidine rings is 1. The number of benzene rings is 1. The van der Waals surface area contributed by atoms with Crippen molar-refractivity contribution in [3.8, 4) is 0 Å². The molecule has 1 aliphatic rings. The Kier molecular flexibility index (Phi) is 3.52. The second-order valence-corrected chi connectivity index (χ2v) is 5.45. The molecule has 2 nitrogen and oxygen atoms in total. The van der Waals surface area contributed by atoms with Gasteiger partial charge in [0.15, 0.2) is 0 Å². The Bertz CT molecular complexity index is 441. The Hall–Kier alpha value is -0.520. The molecule has 0 bridgehead atoms. The zero-order chi connectivity index (χ0) is 12.6. The molecule has 1 aromatic carbocycles. The summed E-state index contributed by atoms with van der Waals surface area (Å²) in [4.78, 5) is 1.88. The summed E-state index contributed by atoms with van der Waals surface area (Å²) in [5.74, 6) is -1.40. The minimum atomic E-state index is -1.44. The van der Waals surface area contributed by atoms with E-state index in [2.05, 4.69) is 15.9 Å². The Morgan fingerprint density at radius 2 is 2.12 bits per heavy atom. The minimum absolute atomic E-state index is 0.176. The van der Waals surface area contributed by atoms with Gasteiger partial charge in [-0.05, 0) is 54.5 Å². The van der Waals surface area contributed by atoms with Crippen LogP contribution in [0.5, 0.6) is 0 Å². The van der Waals surface area contributed by atoms with Crippen molar-refractivity contribution in [2.24, 2.45) is 0 Å². The largest absolute Gasteiger partial charge is 0.384 e. The minimum Gasteiger partial charge on any atom is -0.384 e. The van der Waals surface area contributed by atoms with Gasteiger partial charge < -0.3 is 10.0 Å². The summed E-state index contributed by atoms with van der Waals surface area (Å²) >= 11 is 3.02. The number of β-amino-alcohol motifs (C(OH)–C–C–N with tert-alkyl or cyclic N) is 1. The molecule has 1 aliphatic heterocycles. The van der Waals surface area contributed by atoms with Crippen LogP contribution >= 0.6 is 15.9 Å². The molecule has 0 spiro atoms. The van der Waals surface area contributed by atoms with Crippen molar-refractivity contribution >= 4 is 15.9 Å². The van der Waals surface area contributed by atoms with E-state index in [0.717, 1.165) is 13.0 Å². The molecule has 1 fully saturated rings. The molecule has 5 heteroatoms. The summed E-state index contributed by atoms with van der Waals surface area (Å²) < 4.78 is 27.9. The third-order valence-corrected chi connectivity index (χ3v) is 3.78. The average molecular weight is 306 g/mol. The zero-order valence-corrected chi connectivity index (χ0v) is 11.1. The van der Waals surface area contributed by atoms with Gasteiger partial charge in [0.05, 0.1) is 10.0 Å². The van der Waals surface area contributed by atoms with E-state index in [1.54, 1.807) is 0 Å². The molecule has 94 valence electrons. The van der Waals surface area contributed by atoms with E-state index in [1.165, 1.54) is 12.1 Å². The van der Waals surface area contributed by atoms with E-state index < -0.39 is 17.2 Å². The SMILES string of the molecule is CN1CCCC(O)(c2c(F)ccc(Br)c2F)C1. The molecule has 1 N–H and O–H groups in total. The monoisotopic (exact) mass is 305 g/mol. The maximum Gasteiger partial charge on any atom is 0.146 e. The molecule has 1 aromatic rings. The fourth-order valence-corrected chi connectivity index (χ4v) is 2.73. The highest BCUT2D eigenvalue weighted by Crippen LogP contribution is 2.36. The van der Waals surface area contributed by atoms with Crippen LogP contribution in [0.2, 0.25) is 0 Å². The Morgan fingerprint density at radius 3 is 2.76 bits per heavy atom. The first-order chi connectivity index (χ1) is 7.94.